The first-order valence-corrected chi connectivity index (χ1v) is 8.98. The van der Waals surface area contributed by atoms with E-state index < -0.39 is 5.97 Å². The first-order valence-electron chi connectivity index (χ1n) is 6.61. The first kappa shape index (κ1) is 17.5. The summed E-state index contributed by atoms with van der Waals surface area (Å²) in [6.07, 6.45) is 0.924. The van der Waals surface area contributed by atoms with Gasteiger partial charge in [-0.2, -0.15) is 0 Å². The molecule has 2 aromatic rings. The highest BCUT2D eigenvalue weighted by Gasteiger charge is 2.13. The summed E-state index contributed by atoms with van der Waals surface area (Å²) < 4.78 is 13.3. The zero-order chi connectivity index (χ0) is 16.1. The van der Waals surface area contributed by atoms with Crippen LogP contribution in [0.3, 0.4) is 0 Å². The van der Waals surface area contributed by atoms with Gasteiger partial charge in [0, 0.05) is 4.47 Å². The van der Waals surface area contributed by atoms with E-state index >= 15 is 0 Å². The summed E-state index contributed by atoms with van der Waals surface area (Å²) >= 11 is 10.1. The molecule has 0 saturated heterocycles. The first-order chi connectivity index (χ1) is 10.5. The monoisotopic (exact) mass is 490 g/mol. The summed E-state index contributed by atoms with van der Waals surface area (Å²) in [6, 6.07) is 10.5. The lowest BCUT2D eigenvalue weighted by Crippen LogP contribution is -2.09. The Labute approximate surface area is 154 Å². The van der Waals surface area contributed by atoms with Crippen molar-refractivity contribution in [2.75, 3.05) is 6.61 Å². The summed E-state index contributed by atoms with van der Waals surface area (Å²) in [5.74, 6) is 0.754. The smallest absolute Gasteiger partial charge is 0.343 e. The molecule has 0 saturated carbocycles. The van der Waals surface area contributed by atoms with Crippen LogP contribution in [0, 0.1) is 0 Å². The molecule has 0 unspecified atom stereocenters. The molecule has 0 aliphatic carbocycles. The average Bonchev–Trinajstić information content (AvgIpc) is 2.48. The minimum absolute atomic E-state index is 0.425. The van der Waals surface area contributed by atoms with Crippen molar-refractivity contribution in [3.63, 3.8) is 0 Å². The van der Waals surface area contributed by atoms with Crippen LogP contribution in [0.15, 0.2) is 49.8 Å². The van der Waals surface area contributed by atoms with E-state index in [4.69, 9.17) is 9.47 Å². The van der Waals surface area contributed by atoms with E-state index in [0.29, 0.717) is 28.1 Å². The Balaban J connectivity index is 2.14. The number of rotatable bonds is 5. The fourth-order valence-electron chi connectivity index (χ4n) is 1.67. The van der Waals surface area contributed by atoms with Gasteiger partial charge in [-0.1, -0.05) is 22.9 Å². The van der Waals surface area contributed by atoms with Crippen molar-refractivity contribution >= 4 is 53.8 Å². The molecule has 0 heterocycles. The summed E-state index contributed by atoms with van der Waals surface area (Å²) in [5, 5.41) is 0. The molecule has 116 valence electrons. The van der Waals surface area contributed by atoms with Crippen LogP contribution in [0.2, 0.25) is 0 Å². The number of esters is 1. The molecule has 2 rings (SSSR count). The van der Waals surface area contributed by atoms with Crippen LogP contribution in [0.1, 0.15) is 23.7 Å². The number of ether oxygens (including phenoxy) is 2. The van der Waals surface area contributed by atoms with Crippen molar-refractivity contribution in [2.24, 2.45) is 0 Å². The Morgan fingerprint density at radius 2 is 1.68 bits per heavy atom. The number of hydrogen-bond donors (Lipinski definition) is 0. The SMILES string of the molecule is CCCOc1ccc(C(=O)Oc2ccc(Br)cc2Br)cc1Br. The molecule has 0 N–H and O–H groups in total. The van der Waals surface area contributed by atoms with E-state index in [-0.39, 0.29) is 0 Å². The third kappa shape index (κ3) is 4.57. The van der Waals surface area contributed by atoms with E-state index in [1.54, 1.807) is 24.3 Å². The minimum atomic E-state index is -0.425. The van der Waals surface area contributed by atoms with Crippen LogP contribution in [-0.4, -0.2) is 12.6 Å². The molecular weight excluding hydrogens is 480 g/mol. The topological polar surface area (TPSA) is 35.5 Å². The van der Waals surface area contributed by atoms with Crippen LogP contribution in [0.5, 0.6) is 11.5 Å². The third-order valence-corrected chi connectivity index (χ3v) is 4.46. The zero-order valence-electron chi connectivity index (χ0n) is 11.7. The van der Waals surface area contributed by atoms with Crippen LogP contribution in [0.25, 0.3) is 0 Å². The zero-order valence-corrected chi connectivity index (χ0v) is 16.5. The summed E-state index contributed by atoms with van der Waals surface area (Å²) in [7, 11) is 0. The van der Waals surface area contributed by atoms with E-state index in [1.165, 1.54) is 0 Å². The molecule has 0 spiro atoms. The summed E-state index contributed by atoms with van der Waals surface area (Å²) in [6.45, 7) is 2.67. The lowest BCUT2D eigenvalue weighted by atomic mass is 10.2. The molecule has 0 aromatic heterocycles. The average molecular weight is 493 g/mol. The molecule has 0 radical (unpaired) electrons. The van der Waals surface area contributed by atoms with Crippen molar-refractivity contribution in [1.29, 1.82) is 0 Å². The summed E-state index contributed by atoms with van der Waals surface area (Å²) in [5.41, 5.74) is 0.450. The molecule has 6 heteroatoms. The minimum Gasteiger partial charge on any atom is -0.492 e. The Morgan fingerprint density at radius 1 is 1.00 bits per heavy atom. The number of carbonyl (C=O) groups excluding carboxylic acids is 1. The molecule has 0 aliphatic heterocycles. The van der Waals surface area contributed by atoms with Gasteiger partial charge in [-0.25, -0.2) is 4.79 Å². The second-order valence-electron chi connectivity index (χ2n) is 4.46. The van der Waals surface area contributed by atoms with Gasteiger partial charge >= 0.3 is 5.97 Å². The van der Waals surface area contributed by atoms with Gasteiger partial charge < -0.3 is 9.47 Å². The molecular formula is C16H13Br3O3. The number of benzene rings is 2. The van der Waals surface area contributed by atoms with Crippen LogP contribution in [0.4, 0.5) is 0 Å². The Morgan fingerprint density at radius 3 is 2.32 bits per heavy atom. The Hall–Kier alpha value is -0.850. The Kier molecular flexibility index (Phi) is 6.47. The highest BCUT2D eigenvalue weighted by molar-refractivity contribution is 9.11. The summed E-state index contributed by atoms with van der Waals surface area (Å²) in [4.78, 5) is 12.2. The molecule has 0 amide bonds. The van der Waals surface area contributed by atoms with Gasteiger partial charge in [-0.05, 0) is 74.7 Å². The molecule has 3 nitrogen and oxygen atoms in total. The van der Waals surface area contributed by atoms with E-state index in [1.807, 2.05) is 19.1 Å². The van der Waals surface area contributed by atoms with Gasteiger partial charge in [-0.3, -0.25) is 0 Å². The molecule has 0 atom stereocenters. The maximum Gasteiger partial charge on any atom is 0.343 e. The lowest BCUT2D eigenvalue weighted by molar-refractivity contribution is 0.0733. The second kappa shape index (κ2) is 8.13. The third-order valence-electron chi connectivity index (χ3n) is 2.73. The van der Waals surface area contributed by atoms with Crippen molar-refractivity contribution in [2.45, 2.75) is 13.3 Å². The van der Waals surface area contributed by atoms with Gasteiger partial charge in [-0.15, -0.1) is 0 Å². The highest BCUT2D eigenvalue weighted by Crippen LogP contribution is 2.30. The number of carbonyl (C=O) groups is 1. The molecule has 0 bridgehead atoms. The fraction of sp³-hybridized carbons (Fsp3) is 0.188. The molecule has 2 aromatic carbocycles. The van der Waals surface area contributed by atoms with E-state index in [0.717, 1.165) is 15.4 Å². The molecule has 0 aliphatic rings. The van der Waals surface area contributed by atoms with Crippen LogP contribution >= 0.6 is 47.8 Å². The maximum absolute atomic E-state index is 12.2. The van der Waals surface area contributed by atoms with E-state index in [9.17, 15) is 4.79 Å². The molecule has 0 fully saturated rings. The fourth-order valence-corrected chi connectivity index (χ4v) is 3.29. The maximum atomic E-state index is 12.2. The standard InChI is InChI=1S/C16H13Br3O3/c1-2-7-21-14-5-3-10(8-12(14)18)16(20)22-15-6-4-11(17)9-13(15)19/h3-6,8-9H,2,7H2,1H3. The number of halogens is 3. The van der Waals surface area contributed by atoms with Gasteiger partial charge in [0.25, 0.3) is 0 Å². The van der Waals surface area contributed by atoms with Crippen molar-refractivity contribution < 1.29 is 14.3 Å². The van der Waals surface area contributed by atoms with Crippen molar-refractivity contribution in [1.82, 2.24) is 0 Å². The predicted molar refractivity (Wildman–Crippen MR) is 96.7 cm³/mol. The molecule has 22 heavy (non-hydrogen) atoms. The van der Waals surface area contributed by atoms with Crippen molar-refractivity contribution in [3.05, 3.63) is 55.4 Å². The second-order valence-corrected chi connectivity index (χ2v) is 7.08. The Bertz CT molecular complexity index is 686. The van der Waals surface area contributed by atoms with Gasteiger partial charge in [0.1, 0.15) is 11.5 Å². The lowest BCUT2D eigenvalue weighted by Gasteiger charge is -2.10. The quantitative estimate of drug-likeness (QED) is 0.380. The van der Waals surface area contributed by atoms with Crippen LogP contribution < -0.4 is 9.47 Å². The normalized spacial score (nSPS) is 10.4. The van der Waals surface area contributed by atoms with Crippen LogP contribution in [-0.2, 0) is 0 Å². The predicted octanol–water partition coefficient (Wildman–Crippen LogP) is 5.98. The number of hydrogen-bond acceptors (Lipinski definition) is 3. The van der Waals surface area contributed by atoms with Gasteiger partial charge in [0.05, 0.1) is 21.1 Å². The highest BCUT2D eigenvalue weighted by atomic mass is 79.9. The van der Waals surface area contributed by atoms with Gasteiger partial charge in [0.15, 0.2) is 0 Å². The van der Waals surface area contributed by atoms with Gasteiger partial charge in [0.2, 0.25) is 0 Å². The largest absolute Gasteiger partial charge is 0.492 e. The van der Waals surface area contributed by atoms with Crippen molar-refractivity contribution in [3.8, 4) is 11.5 Å². The van der Waals surface area contributed by atoms with E-state index in [2.05, 4.69) is 47.8 Å².